The van der Waals surface area contributed by atoms with Crippen LogP contribution >= 0.6 is 0 Å². The Balaban J connectivity index is 1.51. The summed E-state index contributed by atoms with van der Waals surface area (Å²) in [7, 11) is 0. The molecule has 5 nitrogen and oxygen atoms in total. The van der Waals surface area contributed by atoms with Gasteiger partial charge in [0.05, 0.1) is 19.8 Å². The zero-order chi connectivity index (χ0) is 15.6. The van der Waals surface area contributed by atoms with E-state index in [1.54, 1.807) is 0 Å². The number of anilines is 1. The Morgan fingerprint density at radius 2 is 1.91 bits per heavy atom. The molecule has 1 N–H and O–H groups in total. The summed E-state index contributed by atoms with van der Waals surface area (Å²) in [5.41, 5.74) is 3.14. The lowest BCUT2D eigenvalue weighted by Crippen LogP contribution is -2.47. The Bertz CT molecular complexity index is 543. The van der Waals surface area contributed by atoms with Crippen LogP contribution < -0.4 is 5.32 Å². The minimum absolute atomic E-state index is 0.0397. The van der Waals surface area contributed by atoms with Gasteiger partial charge in [-0.1, -0.05) is 12.1 Å². The molecule has 3 rings (SSSR count). The Labute approximate surface area is 131 Å². The highest BCUT2D eigenvalue weighted by Crippen LogP contribution is 2.31. The van der Waals surface area contributed by atoms with Crippen LogP contribution in [0.5, 0.6) is 0 Å². The molecule has 2 aliphatic heterocycles. The van der Waals surface area contributed by atoms with Crippen molar-refractivity contribution in [3.05, 3.63) is 29.3 Å². The number of hydrogen-bond donors (Lipinski definition) is 1. The van der Waals surface area contributed by atoms with Gasteiger partial charge in [0.25, 0.3) is 0 Å². The van der Waals surface area contributed by atoms with E-state index in [0.29, 0.717) is 19.8 Å². The van der Waals surface area contributed by atoms with Crippen molar-refractivity contribution in [2.24, 2.45) is 0 Å². The zero-order valence-electron chi connectivity index (χ0n) is 13.4. The molecule has 1 aromatic rings. The first kappa shape index (κ1) is 15.5. The number of benzene rings is 1. The maximum absolute atomic E-state index is 12.2. The van der Waals surface area contributed by atoms with Crippen molar-refractivity contribution in [2.75, 3.05) is 38.2 Å². The summed E-state index contributed by atoms with van der Waals surface area (Å²) in [4.78, 5) is 14.4. The number of rotatable bonds is 3. The monoisotopic (exact) mass is 304 g/mol. The quantitative estimate of drug-likeness (QED) is 0.929. The first-order chi connectivity index (χ1) is 10.6. The predicted molar refractivity (Wildman–Crippen MR) is 84.9 cm³/mol. The number of nitrogens with one attached hydrogen (secondary N) is 1. The van der Waals surface area contributed by atoms with Crippen molar-refractivity contribution < 1.29 is 14.3 Å². The molecule has 0 radical (unpaired) electrons. The van der Waals surface area contributed by atoms with Crippen LogP contribution in [0.15, 0.2) is 18.2 Å². The first-order valence-corrected chi connectivity index (χ1v) is 7.94. The van der Waals surface area contributed by atoms with Gasteiger partial charge in [-0.2, -0.15) is 0 Å². The van der Waals surface area contributed by atoms with Crippen molar-refractivity contribution in [3.63, 3.8) is 0 Å². The number of amides is 1. The summed E-state index contributed by atoms with van der Waals surface area (Å²) < 4.78 is 11.4. The van der Waals surface area contributed by atoms with Crippen LogP contribution in [0.3, 0.4) is 0 Å². The standard InChI is InChI=1S/C17H24N2O3/c1-13-3-4-14(2)15(11-13)18-16(20)12-19-7-5-17(6-8-19)21-9-10-22-17/h3-4,11H,5-10,12H2,1-2H3,(H,18,20). The summed E-state index contributed by atoms with van der Waals surface area (Å²) in [6, 6.07) is 6.10. The molecular weight excluding hydrogens is 280 g/mol. The van der Waals surface area contributed by atoms with Gasteiger partial charge in [-0.05, 0) is 31.0 Å². The minimum Gasteiger partial charge on any atom is -0.347 e. The van der Waals surface area contributed by atoms with Gasteiger partial charge in [0.2, 0.25) is 5.91 Å². The van der Waals surface area contributed by atoms with Gasteiger partial charge in [0, 0.05) is 31.6 Å². The number of likely N-dealkylation sites (tertiary alicyclic amines) is 1. The fourth-order valence-corrected chi connectivity index (χ4v) is 3.10. The van der Waals surface area contributed by atoms with E-state index in [1.807, 2.05) is 26.0 Å². The minimum atomic E-state index is -0.375. The summed E-state index contributed by atoms with van der Waals surface area (Å²) >= 11 is 0. The van der Waals surface area contributed by atoms with Crippen molar-refractivity contribution >= 4 is 11.6 Å². The Morgan fingerprint density at radius 1 is 1.23 bits per heavy atom. The third-order valence-electron chi connectivity index (χ3n) is 4.47. The second-order valence-corrected chi connectivity index (χ2v) is 6.25. The van der Waals surface area contributed by atoms with Gasteiger partial charge in [0.1, 0.15) is 0 Å². The molecule has 120 valence electrons. The molecule has 1 spiro atoms. The number of carbonyl (C=O) groups excluding carboxylic acids is 1. The van der Waals surface area contributed by atoms with Gasteiger partial charge >= 0.3 is 0 Å². The molecule has 5 heteroatoms. The van der Waals surface area contributed by atoms with E-state index in [1.165, 1.54) is 0 Å². The Kier molecular flexibility index (Phi) is 4.47. The number of hydrogen-bond acceptors (Lipinski definition) is 4. The Hall–Kier alpha value is -1.43. The van der Waals surface area contributed by atoms with E-state index < -0.39 is 0 Å². The lowest BCUT2D eigenvalue weighted by molar-refractivity contribution is -0.185. The highest BCUT2D eigenvalue weighted by molar-refractivity contribution is 5.93. The number of nitrogens with zero attached hydrogens (tertiary/aromatic N) is 1. The SMILES string of the molecule is Cc1ccc(C)c(NC(=O)CN2CCC3(CC2)OCCO3)c1. The molecule has 1 amide bonds. The van der Waals surface area contributed by atoms with Crippen LogP contribution in [-0.4, -0.2) is 49.4 Å². The second-order valence-electron chi connectivity index (χ2n) is 6.25. The zero-order valence-corrected chi connectivity index (χ0v) is 13.4. The van der Waals surface area contributed by atoms with E-state index in [4.69, 9.17) is 9.47 Å². The smallest absolute Gasteiger partial charge is 0.238 e. The molecule has 22 heavy (non-hydrogen) atoms. The molecular formula is C17H24N2O3. The predicted octanol–water partition coefficient (Wildman–Crippen LogP) is 2.08. The van der Waals surface area contributed by atoms with Crippen molar-refractivity contribution in [2.45, 2.75) is 32.5 Å². The van der Waals surface area contributed by atoms with Gasteiger partial charge in [-0.15, -0.1) is 0 Å². The van der Waals surface area contributed by atoms with Crippen molar-refractivity contribution in [1.82, 2.24) is 4.90 Å². The lowest BCUT2D eigenvalue weighted by Gasteiger charge is -2.37. The average molecular weight is 304 g/mol. The highest BCUT2D eigenvalue weighted by Gasteiger charge is 2.39. The molecule has 2 heterocycles. The number of aryl methyl sites for hydroxylation is 2. The van der Waals surface area contributed by atoms with Crippen molar-refractivity contribution in [3.8, 4) is 0 Å². The third kappa shape index (κ3) is 3.48. The molecule has 0 bridgehead atoms. The molecule has 2 fully saturated rings. The molecule has 0 aromatic heterocycles. The summed E-state index contributed by atoms with van der Waals surface area (Å²) in [6.07, 6.45) is 1.67. The maximum Gasteiger partial charge on any atom is 0.238 e. The fourth-order valence-electron chi connectivity index (χ4n) is 3.10. The van der Waals surface area contributed by atoms with E-state index in [-0.39, 0.29) is 11.7 Å². The number of ether oxygens (including phenoxy) is 2. The van der Waals surface area contributed by atoms with E-state index in [9.17, 15) is 4.79 Å². The van der Waals surface area contributed by atoms with Gasteiger partial charge < -0.3 is 14.8 Å². The lowest BCUT2D eigenvalue weighted by atomic mass is 10.0. The normalized spacial score (nSPS) is 21.2. The van der Waals surface area contributed by atoms with E-state index >= 15 is 0 Å². The molecule has 1 aromatic carbocycles. The van der Waals surface area contributed by atoms with Gasteiger partial charge in [-0.25, -0.2) is 0 Å². The van der Waals surface area contributed by atoms with Crippen LogP contribution in [0, 0.1) is 13.8 Å². The second kappa shape index (κ2) is 6.36. The Morgan fingerprint density at radius 3 is 2.59 bits per heavy atom. The highest BCUT2D eigenvalue weighted by atomic mass is 16.7. The largest absolute Gasteiger partial charge is 0.347 e. The van der Waals surface area contributed by atoms with Crippen LogP contribution in [-0.2, 0) is 14.3 Å². The number of piperidine rings is 1. The van der Waals surface area contributed by atoms with Gasteiger partial charge in [-0.3, -0.25) is 9.69 Å². The first-order valence-electron chi connectivity index (χ1n) is 7.94. The van der Waals surface area contributed by atoms with E-state index in [0.717, 1.165) is 42.7 Å². The fraction of sp³-hybridized carbons (Fsp3) is 0.588. The third-order valence-corrected chi connectivity index (χ3v) is 4.47. The van der Waals surface area contributed by atoms with Crippen molar-refractivity contribution in [1.29, 1.82) is 0 Å². The molecule has 2 saturated heterocycles. The summed E-state index contributed by atoms with van der Waals surface area (Å²) in [6.45, 7) is 7.50. The van der Waals surface area contributed by atoms with Crippen LogP contribution in [0.1, 0.15) is 24.0 Å². The summed E-state index contributed by atoms with van der Waals surface area (Å²) in [5.74, 6) is -0.335. The summed E-state index contributed by atoms with van der Waals surface area (Å²) in [5, 5.41) is 3.02. The van der Waals surface area contributed by atoms with Crippen LogP contribution in [0.2, 0.25) is 0 Å². The topological polar surface area (TPSA) is 50.8 Å². The molecule has 0 saturated carbocycles. The van der Waals surface area contributed by atoms with Gasteiger partial charge in [0.15, 0.2) is 5.79 Å². The average Bonchev–Trinajstić information content (AvgIpc) is 2.94. The molecule has 0 unspecified atom stereocenters. The molecule has 2 aliphatic rings. The van der Waals surface area contributed by atoms with Crippen LogP contribution in [0.4, 0.5) is 5.69 Å². The number of carbonyl (C=O) groups is 1. The van der Waals surface area contributed by atoms with E-state index in [2.05, 4.69) is 16.3 Å². The van der Waals surface area contributed by atoms with Crippen LogP contribution in [0.25, 0.3) is 0 Å². The molecule has 0 atom stereocenters. The molecule has 0 aliphatic carbocycles. The maximum atomic E-state index is 12.2.